The Morgan fingerprint density at radius 2 is 1.68 bits per heavy atom. The average molecular weight is 335 g/mol. The molecule has 3 heterocycles. The third-order valence-corrected chi connectivity index (χ3v) is 4.99. The van der Waals surface area contributed by atoms with E-state index >= 15 is 0 Å². The van der Waals surface area contributed by atoms with Gasteiger partial charge in [0.1, 0.15) is 5.82 Å². The molecule has 0 atom stereocenters. The normalized spacial score (nSPS) is 15.4. The van der Waals surface area contributed by atoms with Crippen molar-refractivity contribution in [3.05, 3.63) is 66.9 Å². The van der Waals surface area contributed by atoms with Crippen molar-refractivity contribution >= 4 is 0 Å². The molecule has 0 saturated carbocycles. The summed E-state index contributed by atoms with van der Waals surface area (Å²) in [4.78, 5) is 4.15. The van der Waals surface area contributed by atoms with Gasteiger partial charge in [-0.25, -0.2) is 4.39 Å². The highest BCUT2D eigenvalue weighted by atomic mass is 19.1. The number of aromatic nitrogens is 2. The second-order valence-electron chi connectivity index (χ2n) is 6.67. The topological polar surface area (TPSA) is 29.9 Å². The van der Waals surface area contributed by atoms with Crippen LogP contribution in [0.15, 0.2) is 61.1 Å². The molecule has 0 aliphatic carbocycles. The van der Waals surface area contributed by atoms with Crippen LogP contribution in [0.5, 0.6) is 0 Å². The summed E-state index contributed by atoms with van der Waals surface area (Å²) in [5.41, 5.74) is 4.51. The number of piperidine rings is 1. The van der Waals surface area contributed by atoms with E-state index in [4.69, 9.17) is 0 Å². The number of nitrogens with one attached hydrogen (secondary N) is 1. The monoisotopic (exact) mass is 335 g/mol. The predicted molar refractivity (Wildman–Crippen MR) is 98.7 cm³/mol. The first-order chi connectivity index (χ1) is 12.3. The minimum atomic E-state index is -0.205. The zero-order chi connectivity index (χ0) is 17.1. The van der Waals surface area contributed by atoms with Gasteiger partial charge < -0.3 is 9.88 Å². The fraction of sp³-hybridized carbons (Fsp3) is 0.286. The molecule has 4 rings (SSSR count). The van der Waals surface area contributed by atoms with Gasteiger partial charge in [0.15, 0.2) is 0 Å². The van der Waals surface area contributed by atoms with Crippen molar-refractivity contribution in [2.24, 2.45) is 5.92 Å². The van der Waals surface area contributed by atoms with Gasteiger partial charge in [0, 0.05) is 36.3 Å². The van der Waals surface area contributed by atoms with Crippen LogP contribution in [0.3, 0.4) is 0 Å². The van der Waals surface area contributed by atoms with Gasteiger partial charge in [-0.3, -0.25) is 4.98 Å². The van der Waals surface area contributed by atoms with Crippen molar-refractivity contribution in [2.75, 3.05) is 13.1 Å². The molecule has 0 spiro atoms. The minimum absolute atomic E-state index is 0.205. The molecule has 1 N–H and O–H groups in total. The molecule has 0 amide bonds. The van der Waals surface area contributed by atoms with Gasteiger partial charge in [-0.05, 0) is 67.7 Å². The van der Waals surface area contributed by atoms with Crippen molar-refractivity contribution < 1.29 is 4.39 Å². The molecule has 1 aromatic carbocycles. The van der Waals surface area contributed by atoms with E-state index in [2.05, 4.69) is 27.1 Å². The summed E-state index contributed by atoms with van der Waals surface area (Å²) in [7, 11) is 0. The van der Waals surface area contributed by atoms with Crippen molar-refractivity contribution in [1.82, 2.24) is 14.9 Å². The molecule has 0 unspecified atom stereocenters. The van der Waals surface area contributed by atoms with Crippen molar-refractivity contribution in [1.29, 1.82) is 0 Å². The molecule has 1 saturated heterocycles. The molecular weight excluding hydrogens is 313 g/mol. The van der Waals surface area contributed by atoms with E-state index < -0.39 is 0 Å². The van der Waals surface area contributed by atoms with Crippen LogP contribution in [0, 0.1) is 11.7 Å². The first-order valence-electron chi connectivity index (χ1n) is 8.87. The SMILES string of the molecule is Fc1ccc(-c2ccn(CC3CCNCC3)c2-c2ccncc2)cc1. The quantitative estimate of drug-likeness (QED) is 0.768. The summed E-state index contributed by atoms with van der Waals surface area (Å²) in [6.07, 6.45) is 8.23. The Morgan fingerprint density at radius 3 is 2.40 bits per heavy atom. The third kappa shape index (κ3) is 3.49. The molecule has 25 heavy (non-hydrogen) atoms. The summed E-state index contributed by atoms with van der Waals surface area (Å²) in [6, 6.07) is 13.0. The van der Waals surface area contributed by atoms with E-state index in [1.807, 2.05) is 36.7 Å². The lowest BCUT2D eigenvalue weighted by Gasteiger charge is -2.24. The maximum Gasteiger partial charge on any atom is 0.123 e. The van der Waals surface area contributed by atoms with Crippen LogP contribution in [0.1, 0.15) is 12.8 Å². The fourth-order valence-corrected chi connectivity index (χ4v) is 3.66. The summed E-state index contributed by atoms with van der Waals surface area (Å²) in [6.45, 7) is 3.21. The maximum atomic E-state index is 13.3. The van der Waals surface area contributed by atoms with Crippen LogP contribution < -0.4 is 5.32 Å². The van der Waals surface area contributed by atoms with E-state index in [0.717, 1.165) is 36.3 Å². The highest BCUT2D eigenvalue weighted by Gasteiger charge is 2.18. The molecule has 128 valence electrons. The van der Waals surface area contributed by atoms with Crippen LogP contribution >= 0.6 is 0 Å². The Balaban J connectivity index is 1.75. The molecule has 0 bridgehead atoms. The van der Waals surface area contributed by atoms with Gasteiger partial charge >= 0.3 is 0 Å². The molecule has 1 aliphatic heterocycles. The smallest absolute Gasteiger partial charge is 0.123 e. The van der Waals surface area contributed by atoms with Gasteiger partial charge in [0.05, 0.1) is 5.69 Å². The minimum Gasteiger partial charge on any atom is -0.347 e. The average Bonchev–Trinajstić information content (AvgIpc) is 3.07. The predicted octanol–water partition coefficient (Wildman–Crippen LogP) is 4.36. The highest BCUT2D eigenvalue weighted by Crippen LogP contribution is 2.34. The first-order valence-corrected chi connectivity index (χ1v) is 8.87. The van der Waals surface area contributed by atoms with Crippen LogP contribution in [0.2, 0.25) is 0 Å². The first kappa shape index (κ1) is 16.0. The molecule has 3 aromatic rings. The zero-order valence-corrected chi connectivity index (χ0v) is 14.2. The number of nitrogens with zero attached hydrogens (tertiary/aromatic N) is 2. The summed E-state index contributed by atoms with van der Waals surface area (Å²) in [5, 5.41) is 3.43. The number of hydrogen-bond donors (Lipinski definition) is 1. The van der Waals surface area contributed by atoms with Gasteiger partial charge in [-0.15, -0.1) is 0 Å². The number of pyridine rings is 1. The Bertz CT molecular complexity index is 818. The third-order valence-electron chi connectivity index (χ3n) is 4.99. The van der Waals surface area contributed by atoms with Gasteiger partial charge in [-0.2, -0.15) is 0 Å². The van der Waals surface area contributed by atoms with Gasteiger partial charge in [0.2, 0.25) is 0 Å². The van der Waals surface area contributed by atoms with Crippen molar-refractivity contribution in [3.8, 4) is 22.4 Å². The molecule has 1 aliphatic rings. The lowest BCUT2D eigenvalue weighted by Crippen LogP contribution is -2.29. The van der Waals surface area contributed by atoms with E-state index in [0.29, 0.717) is 5.92 Å². The number of rotatable bonds is 4. The fourth-order valence-electron chi connectivity index (χ4n) is 3.66. The lowest BCUT2D eigenvalue weighted by molar-refractivity contribution is 0.335. The van der Waals surface area contributed by atoms with Crippen LogP contribution in [-0.4, -0.2) is 22.6 Å². The Morgan fingerprint density at radius 1 is 0.960 bits per heavy atom. The summed E-state index contributed by atoms with van der Waals surface area (Å²) >= 11 is 0. The van der Waals surface area contributed by atoms with E-state index in [-0.39, 0.29) is 5.82 Å². The Hall–Kier alpha value is -2.46. The van der Waals surface area contributed by atoms with E-state index in [1.54, 1.807) is 0 Å². The second-order valence-corrected chi connectivity index (χ2v) is 6.67. The van der Waals surface area contributed by atoms with Gasteiger partial charge in [0.25, 0.3) is 0 Å². The maximum absolute atomic E-state index is 13.3. The van der Waals surface area contributed by atoms with Crippen LogP contribution in [0.4, 0.5) is 4.39 Å². The van der Waals surface area contributed by atoms with Gasteiger partial charge in [-0.1, -0.05) is 12.1 Å². The summed E-state index contributed by atoms with van der Waals surface area (Å²) in [5.74, 6) is 0.485. The number of halogens is 1. The second kappa shape index (κ2) is 7.19. The van der Waals surface area contributed by atoms with Crippen molar-refractivity contribution in [3.63, 3.8) is 0 Å². The van der Waals surface area contributed by atoms with E-state index in [1.165, 1.54) is 30.7 Å². The number of benzene rings is 1. The van der Waals surface area contributed by atoms with Crippen LogP contribution in [-0.2, 0) is 6.54 Å². The van der Waals surface area contributed by atoms with Crippen LogP contribution in [0.25, 0.3) is 22.4 Å². The molecule has 3 nitrogen and oxygen atoms in total. The van der Waals surface area contributed by atoms with Crippen molar-refractivity contribution in [2.45, 2.75) is 19.4 Å². The Labute approximate surface area is 147 Å². The number of hydrogen-bond acceptors (Lipinski definition) is 2. The molecule has 1 fully saturated rings. The molecule has 0 radical (unpaired) electrons. The standard InChI is InChI=1S/C21H22FN3/c22-19-3-1-17(2-4-19)20-9-14-25(15-16-5-10-23-11-6-16)21(20)18-7-12-24-13-8-18/h1-4,7-9,12-14,16,23H,5-6,10-11,15H2. The lowest BCUT2D eigenvalue weighted by atomic mass is 9.97. The summed E-state index contributed by atoms with van der Waals surface area (Å²) < 4.78 is 15.7. The van der Waals surface area contributed by atoms with E-state index in [9.17, 15) is 4.39 Å². The highest BCUT2D eigenvalue weighted by molar-refractivity contribution is 5.81. The molecule has 2 aromatic heterocycles. The zero-order valence-electron chi connectivity index (χ0n) is 14.2. The molecule has 4 heteroatoms. The molecular formula is C21H22FN3. The Kier molecular flexibility index (Phi) is 4.61. The largest absolute Gasteiger partial charge is 0.347 e.